The molecule has 6 rings (SSSR count). The number of aryl methyl sites for hydroxylation is 1. The van der Waals surface area contributed by atoms with Crippen molar-refractivity contribution in [3.05, 3.63) is 53.5 Å². The van der Waals surface area contributed by atoms with E-state index in [0.29, 0.717) is 31.7 Å². The van der Waals surface area contributed by atoms with Crippen molar-refractivity contribution in [1.29, 1.82) is 5.26 Å². The number of likely N-dealkylation sites (N-methyl/N-ethyl adjacent to an activating group) is 1. The van der Waals surface area contributed by atoms with Gasteiger partial charge in [-0.3, -0.25) is 4.79 Å². The van der Waals surface area contributed by atoms with Gasteiger partial charge in [0.15, 0.2) is 0 Å². The molecule has 3 aliphatic heterocycles. The highest BCUT2D eigenvalue weighted by molar-refractivity contribution is 5.87. The molecule has 2 aromatic rings. The van der Waals surface area contributed by atoms with Crippen LogP contribution in [0.15, 0.2) is 30.9 Å². The average molecular weight is 573 g/mol. The Morgan fingerprint density at radius 3 is 2.71 bits per heavy atom. The van der Waals surface area contributed by atoms with Crippen LogP contribution in [0.5, 0.6) is 0 Å². The minimum Gasteiger partial charge on any atom is -0.365 e. The van der Waals surface area contributed by atoms with Crippen molar-refractivity contribution in [2.24, 2.45) is 0 Å². The summed E-state index contributed by atoms with van der Waals surface area (Å²) < 4.78 is 14.4. The number of benzene rings is 1. The first-order valence-corrected chi connectivity index (χ1v) is 15.2. The minimum absolute atomic E-state index is 0.133. The average Bonchev–Trinajstić information content (AvgIpc) is 2.95. The van der Waals surface area contributed by atoms with Gasteiger partial charge >= 0.3 is 0 Å². The van der Waals surface area contributed by atoms with Crippen LogP contribution in [-0.2, 0) is 24.1 Å². The molecule has 42 heavy (non-hydrogen) atoms. The number of hydrogen-bond donors (Lipinski definition) is 0. The van der Waals surface area contributed by atoms with E-state index in [1.54, 1.807) is 17.0 Å². The summed E-state index contributed by atoms with van der Waals surface area (Å²) in [4.78, 5) is 33.8. The molecular weight excluding hydrogens is 531 g/mol. The predicted molar refractivity (Wildman–Crippen MR) is 162 cm³/mol. The zero-order valence-electron chi connectivity index (χ0n) is 25.0. The summed E-state index contributed by atoms with van der Waals surface area (Å²) in [5.41, 5.74) is 4.48. The molecule has 3 atom stereocenters. The quantitative estimate of drug-likeness (QED) is 0.489. The van der Waals surface area contributed by atoms with Crippen molar-refractivity contribution in [3.63, 3.8) is 0 Å². The monoisotopic (exact) mass is 572 g/mol. The van der Waals surface area contributed by atoms with E-state index < -0.39 is 0 Å². The van der Waals surface area contributed by atoms with E-state index in [1.165, 1.54) is 17.2 Å². The number of amides is 1. The number of nitriles is 1. The van der Waals surface area contributed by atoms with Crippen molar-refractivity contribution >= 4 is 23.4 Å². The van der Waals surface area contributed by atoms with Crippen molar-refractivity contribution < 1.29 is 9.18 Å². The van der Waals surface area contributed by atoms with E-state index in [-0.39, 0.29) is 30.2 Å². The number of rotatable bonds is 6. The molecule has 1 amide bonds. The summed E-state index contributed by atoms with van der Waals surface area (Å²) in [6, 6.07) is 8.29. The third-order valence-electron chi connectivity index (χ3n) is 9.68. The third kappa shape index (κ3) is 5.19. The summed E-state index contributed by atoms with van der Waals surface area (Å²) in [5.74, 6) is 1.37. The number of halogens is 1. The first-order chi connectivity index (χ1) is 20.3. The summed E-state index contributed by atoms with van der Waals surface area (Å²) in [5, 5.41) is 9.53. The van der Waals surface area contributed by atoms with Crippen LogP contribution in [0.25, 0.3) is 0 Å². The number of nitrogens with zero attached hydrogens (tertiary/aromatic N) is 8. The molecule has 1 aromatic heterocycles. The zero-order valence-corrected chi connectivity index (χ0v) is 25.0. The van der Waals surface area contributed by atoms with E-state index in [1.807, 2.05) is 6.07 Å². The Morgan fingerprint density at radius 2 is 1.98 bits per heavy atom. The molecule has 9 nitrogen and oxygen atoms in total. The molecule has 2 fully saturated rings. The van der Waals surface area contributed by atoms with Crippen LogP contribution in [-0.4, -0.2) is 96.7 Å². The number of anilines is 3. The maximum Gasteiger partial charge on any atom is 0.246 e. The molecular formula is C32H41FN8O. The van der Waals surface area contributed by atoms with Crippen LogP contribution in [0.3, 0.4) is 0 Å². The second kappa shape index (κ2) is 11.5. The number of hydrogen-bond acceptors (Lipinski definition) is 8. The normalized spacial score (nSPS) is 24.1. The Morgan fingerprint density at radius 1 is 1.17 bits per heavy atom. The lowest BCUT2D eigenvalue weighted by atomic mass is 9.86. The molecule has 1 aromatic carbocycles. The SMILES string of the molecule is C=CC(=O)N1CCN(c2nc(N3CC(N(C)C)C3)nc3c2CC[C@@H](N2c4cc(F)ccc4CC[C@H]2C)C3)C[C@@H]1CC#N. The van der Waals surface area contributed by atoms with E-state index in [4.69, 9.17) is 9.97 Å². The predicted octanol–water partition coefficient (Wildman–Crippen LogP) is 3.18. The fourth-order valence-electron chi connectivity index (χ4n) is 7.17. The van der Waals surface area contributed by atoms with Gasteiger partial charge < -0.3 is 24.5 Å². The maximum absolute atomic E-state index is 14.4. The summed E-state index contributed by atoms with van der Waals surface area (Å²) in [7, 11) is 4.21. The number of fused-ring (bicyclic) bond motifs is 2. The van der Waals surface area contributed by atoms with E-state index in [9.17, 15) is 14.4 Å². The third-order valence-corrected chi connectivity index (χ3v) is 9.68. The zero-order chi connectivity index (χ0) is 29.5. The topological polar surface area (TPSA) is 82.8 Å². The van der Waals surface area contributed by atoms with Gasteiger partial charge in [0.05, 0.1) is 24.2 Å². The van der Waals surface area contributed by atoms with Crippen LogP contribution in [0.1, 0.15) is 43.0 Å². The van der Waals surface area contributed by atoms with Gasteiger partial charge in [-0.05, 0) is 70.5 Å². The fraction of sp³-hybridized carbons (Fsp3) is 0.562. The molecule has 0 radical (unpaired) electrons. The van der Waals surface area contributed by atoms with E-state index in [2.05, 4.69) is 53.3 Å². The van der Waals surface area contributed by atoms with Crippen LogP contribution < -0.4 is 14.7 Å². The number of carbonyl (C=O) groups is 1. The van der Waals surface area contributed by atoms with Gasteiger partial charge in [0.25, 0.3) is 0 Å². The van der Waals surface area contributed by atoms with Crippen molar-refractivity contribution in [2.75, 3.05) is 61.5 Å². The Kier molecular flexibility index (Phi) is 7.79. The summed E-state index contributed by atoms with van der Waals surface area (Å²) in [6.07, 6.45) is 6.17. The van der Waals surface area contributed by atoms with Gasteiger partial charge in [-0.1, -0.05) is 12.6 Å². The highest BCUT2D eigenvalue weighted by Gasteiger charge is 2.38. The van der Waals surface area contributed by atoms with E-state index in [0.717, 1.165) is 68.3 Å². The second-order valence-electron chi connectivity index (χ2n) is 12.5. The maximum atomic E-state index is 14.4. The lowest BCUT2D eigenvalue weighted by Gasteiger charge is -2.46. The Labute approximate surface area is 248 Å². The van der Waals surface area contributed by atoms with Gasteiger partial charge in [-0.2, -0.15) is 10.2 Å². The Bertz CT molecular complexity index is 1400. The lowest BCUT2D eigenvalue weighted by molar-refractivity contribution is -0.128. The molecule has 0 unspecified atom stereocenters. The van der Waals surface area contributed by atoms with Crippen LogP contribution in [0, 0.1) is 17.1 Å². The molecule has 4 heterocycles. The summed E-state index contributed by atoms with van der Waals surface area (Å²) in [6.45, 7) is 9.38. The molecule has 10 heteroatoms. The van der Waals surface area contributed by atoms with Crippen LogP contribution in [0.2, 0.25) is 0 Å². The Balaban J connectivity index is 1.34. The standard InChI is InChI=1S/C32H41FN8O/c1-5-30(42)40-15-14-38(18-25(40)12-13-34)31-27-11-10-24(41-21(2)6-7-22-8-9-23(33)16-29(22)41)17-28(27)35-32(36-31)39-19-26(20-39)37(3)4/h5,8-9,16,21,24-26H,1,6-7,10-12,14-15,17-20H2,2-4H3/t21-,24-,25+/m1/s1. The molecule has 0 N–H and O–H groups in total. The second-order valence-corrected chi connectivity index (χ2v) is 12.5. The Hall–Kier alpha value is -3.71. The van der Waals surface area contributed by atoms with Gasteiger partial charge in [0.1, 0.15) is 11.6 Å². The smallest absolute Gasteiger partial charge is 0.246 e. The first-order valence-electron chi connectivity index (χ1n) is 15.2. The molecule has 0 bridgehead atoms. The van der Waals surface area contributed by atoms with Crippen molar-refractivity contribution in [3.8, 4) is 6.07 Å². The van der Waals surface area contributed by atoms with Crippen LogP contribution in [0.4, 0.5) is 21.8 Å². The number of piperazine rings is 1. The van der Waals surface area contributed by atoms with Gasteiger partial charge in [0, 0.05) is 68.5 Å². The highest BCUT2D eigenvalue weighted by Crippen LogP contribution is 2.39. The molecule has 222 valence electrons. The van der Waals surface area contributed by atoms with Gasteiger partial charge in [-0.15, -0.1) is 0 Å². The van der Waals surface area contributed by atoms with Crippen molar-refractivity contribution in [2.45, 2.75) is 69.6 Å². The highest BCUT2D eigenvalue weighted by atomic mass is 19.1. The molecule has 0 spiro atoms. The summed E-state index contributed by atoms with van der Waals surface area (Å²) >= 11 is 0. The first kappa shape index (κ1) is 28.4. The van der Waals surface area contributed by atoms with E-state index >= 15 is 0 Å². The molecule has 2 saturated heterocycles. The molecule has 1 aliphatic carbocycles. The van der Waals surface area contributed by atoms with Crippen LogP contribution >= 0.6 is 0 Å². The molecule has 4 aliphatic rings. The number of aromatic nitrogens is 2. The van der Waals surface area contributed by atoms with Gasteiger partial charge in [0.2, 0.25) is 11.9 Å². The van der Waals surface area contributed by atoms with Gasteiger partial charge in [-0.25, -0.2) is 9.37 Å². The minimum atomic E-state index is -0.220. The molecule has 0 saturated carbocycles. The fourth-order valence-corrected chi connectivity index (χ4v) is 7.17. The number of carbonyl (C=O) groups excluding carboxylic acids is 1. The van der Waals surface area contributed by atoms with Crippen molar-refractivity contribution in [1.82, 2.24) is 19.8 Å². The lowest BCUT2D eigenvalue weighted by Crippen LogP contribution is -2.58. The largest absolute Gasteiger partial charge is 0.365 e.